The fraction of sp³-hybridized carbons (Fsp3) is 0.500. The number of aromatic nitrogens is 2. The molecule has 1 aromatic heterocycles. The number of hydrogen-bond donors (Lipinski definition) is 2. The number of amides is 1. The molecule has 9 heteroatoms. The Balaban J connectivity index is 1.46. The second-order valence-electron chi connectivity index (χ2n) is 10.4. The van der Waals surface area contributed by atoms with E-state index in [1.54, 1.807) is 0 Å². The maximum atomic E-state index is 13.2. The fourth-order valence-corrected chi connectivity index (χ4v) is 5.67. The Morgan fingerprint density at radius 2 is 1.78 bits per heavy atom. The molecule has 2 N–H and O–H groups in total. The van der Waals surface area contributed by atoms with Gasteiger partial charge in [0.25, 0.3) is 5.91 Å². The lowest BCUT2D eigenvalue weighted by molar-refractivity contribution is -0.137. The quantitative estimate of drug-likeness (QED) is 0.422. The van der Waals surface area contributed by atoms with Crippen LogP contribution in [0.4, 0.5) is 19.1 Å². The van der Waals surface area contributed by atoms with E-state index in [0.717, 1.165) is 74.0 Å². The number of hydrogen-bond acceptors (Lipinski definition) is 4. The van der Waals surface area contributed by atoms with Crippen LogP contribution >= 0.6 is 0 Å². The van der Waals surface area contributed by atoms with Crippen LogP contribution in [0.3, 0.4) is 0 Å². The Morgan fingerprint density at radius 1 is 1.03 bits per heavy atom. The Kier molecular flexibility index (Phi) is 7.53. The summed E-state index contributed by atoms with van der Waals surface area (Å²) in [6.07, 6.45) is 2.56. The maximum absolute atomic E-state index is 13.2. The van der Waals surface area contributed by atoms with Gasteiger partial charge in [-0.2, -0.15) is 13.2 Å². The number of alkyl halides is 3. The van der Waals surface area contributed by atoms with Crippen LogP contribution in [0, 0.1) is 5.92 Å². The molecule has 1 aliphatic heterocycles. The van der Waals surface area contributed by atoms with Crippen molar-refractivity contribution in [2.75, 3.05) is 25.0 Å². The van der Waals surface area contributed by atoms with Crippen molar-refractivity contribution in [3.8, 4) is 0 Å². The molecule has 1 saturated carbocycles. The monoisotopic (exact) mass is 514 g/mol. The number of piperidine rings is 1. The van der Waals surface area contributed by atoms with Crippen molar-refractivity contribution in [3.63, 3.8) is 0 Å². The van der Waals surface area contributed by atoms with E-state index >= 15 is 0 Å². The largest absolute Gasteiger partial charge is 0.416 e. The molecule has 1 amide bonds. The molecule has 1 saturated heterocycles. The molecule has 0 bridgehead atoms. The number of benzene rings is 2. The molecular weight excluding hydrogens is 481 g/mol. The average Bonchev–Trinajstić information content (AvgIpc) is 3.25. The van der Waals surface area contributed by atoms with E-state index in [0.29, 0.717) is 5.95 Å². The summed E-state index contributed by atoms with van der Waals surface area (Å²) in [5.41, 5.74) is 1.88. The number of carbonyl (C=O) groups excluding carboxylic acids is 1. The number of rotatable bonds is 6. The van der Waals surface area contributed by atoms with Crippen molar-refractivity contribution in [2.45, 2.75) is 63.7 Å². The molecule has 37 heavy (non-hydrogen) atoms. The van der Waals surface area contributed by atoms with E-state index in [2.05, 4.69) is 22.3 Å². The summed E-state index contributed by atoms with van der Waals surface area (Å²) in [5, 5.41) is 12.4. The van der Waals surface area contributed by atoms with Crippen LogP contribution in [0.1, 0.15) is 72.5 Å². The van der Waals surface area contributed by atoms with Gasteiger partial charge < -0.3 is 9.67 Å². The first-order chi connectivity index (χ1) is 17.8. The highest BCUT2D eigenvalue weighted by atomic mass is 19.4. The Hall–Kier alpha value is -2.91. The van der Waals surface area contributed by atoms with Crippen LogP contribution in [0.5, 0.6) is 0 Å². The topological polar surface area (TPSA) is 70.4 Å². The summed E-state index contributed by atoms with van der Waals surface area (Å²) in [5.74, 6) is -0.00875. The summed E-state index contributed by atoms with van der Waals surface area (Å²) >= 11 is 0. The molecule has 2 aromatic carbocycles. The van der Waals surface area contributed by atoms with E-state index in [4.69, 9.17) is 4.98 Å². The summed E-state index contributed by atoms with van der Waals surface area (Å²) in [4.78, 5) is 20.3. The predicted octanol–water partition coefficient (Wildman–Crippen LogP) is 6.02. The number of aliphatic hydroxyl groups is 1. The van der Waals surface area contributed by atoms with Gasteiger partial charge in [0, 0.05) is 24.8 Å². The van der Waals surface area contributed by atoms with Gasteiger partial charge in [0.1, 0.15) is 0 Å². The molecule has 2 heterocycles. The Labute approximate surface area is 214 Å². The van der Waals surface area contributed by atoms with Crippen LogP contribution in [0.25, 0.3) is 11.0 Å². The maximum Gasteiger partial charge on any atom is 0.416 e. The highest BCUT2D eigenvalue weighted by Crippen LogP contribution is 2.37. The molecule has 1 aliphatic carbocycles. The van der Waals surface area contributed by atoms with Crippen LogP contribution in [0.15, 0.2) is 42.5 Å². The number of nitrogens with zero attached hydrogens (tertiary/aromatic N) is 3. The molecule has 0 radical (unpaired) electrons. The van der Waals surface area contributed by atoms with Gasteiger partial charge >= 0.3 is 6.18 Å². The lowest BCUT2D eigenvalue weighted by Crippen LogP contribution is -2.29. The van der Waals surface area contributed by atoms with Crippen molar-refractivity contribution in [1.29, 1.82) is 0 Å². The number of nitrogens with one attached hydrogen (secondary N) is 1. The van der Waals surface area contributed by atoms with Crippen molar-refractivity contribution in [3.05, 3.63) is 59.2 Å². The number of imidazole rings is 1. The fourth-order valence-electron chi connectivity index (χ4n) is 5.67. The van der Waals surface area contributed by atoms with Crippen LogP contribution < -0.4 is 5.32 Å². The predicted molar refractivity (Wildman–Crippen MR) is 136 cm³/mol. The number of anilines is 1. The third kappa shape index (κ3) is 5.83. The molecule has 198 valence electrons. The molecular formula is C28H33F3N4O2. The van der Waals surface area contributed by atoms with Crippen LogP contribution in [0.2, 0.25) is 0 Å². The highest BCUT2D eigenvalue weighted by molar-refractivity contribution is 6.04. The summed E-state index contributed by atoms with van der Waals surface area (Å²) in [7, 11) is 0. The molecule has 2 fully saturated rings. The minimum absolute atomic E-state index is 0.0665. The summed E-state index contributed by atoms with van der Waals surface area (Å²) < 4.78 is 41.6. The van der Waals surface area contributed by atoms with Gasteiger partial charge in [-0.3, -0.25) is 15.0 Å². The van der Waals surface area contributed by atoms with Gasteiger partial charge in [0.15, 0.2) is 0 Å². The summed E-state index contributed by atoms with van der Waals surface area (Å²) in [6.45, 7) is 3.17. The first-order valence-electron chi connectivity index (χ1n) is 13.1. The van der Waals surface area contributed by atoms with Gasteiger partial charge in [-0.05, 0) is 93.4 Å². The molecule has 0 unspecified atom stereocenters. The molecule has 2 aliphatic rings. The Bertz CT molecular complexity index is 1240. The van der Waals surface area contributed by atoms with Gasteiger partial charge in [-0.1, -0.05) is 18.6 Å². The summed E-state index contributed by atoms with van der Waals surface area (Å²) in [6, 6.07) is 10.7. The second kappa shape index (κ2) is 10.8. The highest BCUT2D eigenvalue weighted by Gasteiger charge is 2.31. The minimum atomic E-state index is -4.53. The van der Waals surface area contributed by atoms with E-state index in [-0.39, 0.29) is 24.1 Å². The number of carbonyl (C=O) groups is 1. The standard InChI is InChI=1S/C28H33F3N4O2/c29-28(30,31)22-6-4-5-21(16-22)26(37)33-27-32-24-15-20(17-34-13-2-1-3-14-34)9-12-25(24)35(27)23-10-7-19(18-36)8-11-23/h4-6,9,12,15-16,19,23,36H,1-3,7-8,10-11,13-14,17-18H2,(H,32,33,37)/t19-,23+. The van der Waals surface area contributed by atoms with Gasteiger partial charge in [0.05, 0.1) is 16.6 Å². The van der Waals surface area contributed by atoms with E-state index < -0.39 is 17.6 Å². The van der Waals surface area contributed by atoms with Crippen molar-refractivity contribution < 1.29 is 23.1 Å². The van der Waals surface area contributed by atoms with Crippen molar-refractivity contribution >= 4 is 22.9 Å². The zero-order valence-corrected chi connectivity index (χ0v) is 20.8. The molecule has 0 spiro atoms. The lowest BCUT2D eigenvalue weighted by Gasteiger charge is -2.30. The molecule has 3 aromatic rings. The molecule has 0 atom stereocenters. The van der Waals surface area contributed by atoms with E-state index in [1.807, 2.05) is 10.6 Å². The van der Waals surface area contributed by atoms with Gasteiger partial charge in [-0.15, -0.1) is 0 Å². The zero-order valence-electron chi connectivity index (χ0n) is 20.8. The third-order valence-electron chi connectivity index (χ3n) is 7.73. The molecule has 6 nitrogen and oxygen atoms in total. The van der Waals surface area contributed by atoms with Crippen LogP contribution in [-0.4, -0.2) is 45.2 Å². The van der Waals surface area contributed by atoms with E-state index in [1.165, 1.54) is 31.4 Å². The minimum Gasteiger partial charge on any atom is -0.396 e. The SMILES string of the molecule is O=C(Nc1nc2cc(CN3CCCCC3)ccc2n1[C@H]1CC[C@@H](CO)CC1)c1cccc(C(F)(F)F)c1. The number of fused-ring (bicyclic) bond motifs is 1. The van der Waals surface area contributed by atoms with E-state index in [9.17, 15) is 23.1 Å². The molecule has 5 rings (SSSR count). The average molecular weight is 515 g/mol. The lowest BCUT2D eigenvalue weighted by atomic mass is 9.86. The van der Waals surface area contributed by atoms with Gasteiger partial charge in [0.2, 0.25) is 5.95 Å². The smallest absolute Gasteiger partial charge is 0.396 e. The first kappa shape index (κ1) is 25.7. The Morgan fingerprint density at radius 3 is 2.49 bits per heavy atom. The normalized spacial score (nSPS) is 21.3. The van der Waals surface area contributed by atoms with Gasteiger partial charge in [-0.25, -0.2) is 4.98 Å². The third-order valence-corrected chi connectivity index (χ3v) is 7.73. The number of halogens is 3. The second-order valence-corrected chi connectivity index (χ2v) is 10.4. The number of likely N-dealkylation sites (tertiary alicyclic amines) is 1. The number of aliphatic hydroxyl groups excluding tert-OH is 1. The van der Waals surface area contributed by atoms with Crippen molar-refractivity contribution in [2.24, 2.45) is 5.92 Å². The van der Waals surface area contributed by atoms with Crippen LogP contribution in [-0.2, 0) is 12.7 Å². The van der Waals surface area contributed by atoms with Crippen molar-refractivity contribution in [1.82, 2.24) is 14.5 Å². The first-order valence-corrected chi connectivity index (χ1v) is 13.1. The zero-order chi connectivity index (χ0) is 26.0.